The average molecular weight is 278 g/mol. The molecule has 4 heteroatoms. The highest BCUT2D eigenvalue weighted by Gasteiger charge is 2.56. The number of esters is 1. The molecule has 102 valence electrons. The molecule has 1 saturated carbocycles. The van der Waals surface area contributed by atoms with E-state index < -0.39 is 4.75 Å². The van der Waals surface area contributed by atoms with Gasteiger partial charge in [0, 0.05) is 11.7 Å². The molecule has 1 heterocycles. The highest BCUT2D eigenvalue weighted by Crippen LogP contribution is 2.51. The van der Waals surface area contributed by atoms with E-state index in [-0.39, 0.29) is 18.0 Å². The number of rotatable bonds is 3. The SMILES string of the molecule is O=C1OCCC2C(O)CCC12SCc1ccccc1. The second-order valence-electron chi connectivity index (χ2n) is 5.30. The summed E-state index contributed by atoms with van der Waals surface area (Å²) < 4.78 is 4.74. The van der Waals surface area contributed by atoms with Gasteiger partial charge in [-0.25, -0.2) is 0 Å². The quantitative estimate of drug-likeness (QED) is 0.862. The van der Waals surface area contributed by atoms with Gasteiger partial charge in [-0.3, -0.25) is 4.79 Å². The Hall–Kier alpha value is -1.00. The zero-order valence-electron chi connectivity index (χ0n) is 10.7. The van der Waals surface area contributed by atoms with Crippen LogP contribution in [0.1, 0.15) is 24.8 Å². The van der Waals surface area contributed by atoms with Gasteiger partial charge in [0.1, 0.15) is 4.75 Å². The van der Waals surface area contributed by atoms with Crippen LogP contribution in [-0.4, -0.2) is 28.5 Å². The van der Waals surface area contributed by atoms with E-state index in [0.29, 0.717) is 13.0 Å². The molecule has 1 N–H and O–H groups in total. The molecule has 1 saturated heterocycles. The van der Waals surface area contributed by atoms with E-state index in [9.17, 15) is 9.90 Å². The number of fused-ring (bicyclic) bond motifs is 1. The van der Waals surface area contributed by atoms with Crippen molar-refractivity contribution in [3.8, 4) is 0 Å². The van der Waals surface area contributed by atoms with E-state index in [0.717, 1.165) is 18.6 Å². The summed E-state index contributed by atoms with van der Waals surface area (Å²) in [5.41, 5.74) is 1.21. The standard InChI is InChI=1S/C15H18O3S/c16-13-6-8-15(12(13)7-9-18-14(15)17)19-10-11-4-2-1-3-5-11/h1-5,12-13,16H,6-10H2. The lowest BCUT2D eigenvalue weighted by molar-refractivity contribution is -0.153. The van der Waals surface area contributed by atoms with E-state index in [1.165, 1.54) is 5.56 Å². The Balaban J connectivity index is 1.78. The van der Waals surface area contributed by atoms with Crippen LogP contribution in [-0.2, 0) is 15.3 Å². The topological polar surface area (TPSA) is 46.5 Å². The van der Waals surface area contributed by atoms with E-state index >= 15 is 0 Å². The Bertz CT molecular complexity index is 462. The molecule has 0 radical (unpaired) electrons. The summed E-state index contributed by atoms with van der Waals surface area (Å²) in [6.45, 7) is 0.453. The van der Waals surface area contributed by atoms with E-state index in [1.807, 2.05) is 18.2 Å². The molecule has 1 aliphatic carbocycles. The molecule has 19 heavy (non-hydrogen) atoms. The van der Waals surface area contributed by atoms with Crippen molar-refractivity contribution in [2.24, 2.45) is 5.92 Å². The molecule has 1 aromatic carbocycles. The van der Waals surface area contributed by atoms with Gasteiger partial charge in [-0.2, -0.15) is 0 Å². The molecule has 3 rings (SSSR count). The van der Waals surface area contributed by atoms with Crippen molar-refractivity contribution >= 4 is 17.7 Å². The number of hydrogen-bond acceptors (Lipinski definition) is 4. The first-order chi connectivity index (χ1) is 9.22. The van der Waals surface area contributed by atoms with Crippen LogP contribution in [0.3, 0.4) is 0 Å². The second kappa shape index (κ2) is 5.17. The van der Waals surface area contributed by atoms with Gasteiger partial charge in [0.2, 0.25) is 0 Å². The van der Waals surface area contributed by atoms with Crippen LogP contribution in [0, 0.1) is 5.92 Å². The maximum atomic E-state index is 12.2. The number of aliphatic hydroxyl groups excluding tert-OH is 1. The van der Waals surface area contributed by atoms with Crippen LogP contribution >= 0.6 is 11.8 Å². The number of benzene rings is 1. The van der Waals surface area contributed by atoms with Crippen molar-refractivity contribution in [2.45, 2.75) is 35.9 Å². The molecule has 3 atom stereocenters. The number of ether oxygens (including phenoxy) is 1. The van der Waals surface area contributed by atoms with Crippen LogP contribution in [0.2, 0.25) is 0 Å². The lowest BCUT2D eigenvalue weighted by Crippen LogP contribution is -2.47. The number of carbonyl (C=O) groups excluding carboxylic acids is 1. The molecule has 0 spiro atoms. The summed E-state index contributed by atoms with van der Waals surface area (Å²) >= 11 is 1.65. The van der Waals surface area contributed by atoms with E-state index in [4.69, 9.17) is 4.74 Å². The minimum atomic E-state index is -0.520. The fraction of sp³-hybridized carbons (Fsp3) is 0.533. The maximum absolute atomic E-state index is 12.2. The fourth-order valence-corrected chi connectivity index (χ4v) is 4.71. The molecular formula is C15H18O3S. The minimum absolute atomic E-state index is 0.0578. The van der Waals surface area contributed by atoms with Gasteiger partial charge in [0.05, 0.1) is 12.7 Å². The molecule has 0 aromatic heterocycles. The lowest BCUT2D eigenvalue weighted by Gasteiger charge is -2.37. The van der Waals surface area contributed by atoms with Crippen molar-refractivity contribution in [2.75, 3.05) is 6.61 Å². The maximum Gasteiger partial charge on any atom is 0.322 e. The third kappa shape index (κ3) is 2.28. The van der Waals surface area contributed by atoms with Gasteiger partial charge in [-0.15, -0.1) is 11.8 Å². The Labute approximate surface area is 117 Å². The van der Waals surface area contributed by atoms with Crippen LogP contribution < -0.4 is 0 Å². The Morgan fingerprint density at radius 2 is 2.11 bits per heavy atom. The number of aliphatic hydroxyl groups is 1. The summed E-state index contributed by atoms with van der Waals surface area (Å²) in [5.74, 6) is 0.725. The molecule has 3 nitrogen and oxygen atoms in total. The first-order valence-corrected chi connectivity index (χ1v) is 7.74. The number of thioether (sulfide) groups is 1. The molecule has 2 fully saturated rings. The smallest absolute Gasteiger partial charge is 0.322 e. The first-order valence-electron chi connectivity index (χ1n) is 6.75. The summed E-state index contributed by atoms with van der Waals surface area (Å²) in [6.07, 6.45) is 1.88. The Kier molecular flexibility index (Phi) is 3.54. The summed E-state index contributed by atoms with van der Waals surface area (Å²) in [4.78, 5) is 12.2. The third-order valence-corrected chi connectivity index (χ3v) is 5.89. The van der Waals surface area contributed by atoms with Gasteiger partial charge in [0.15, 0.2) is 0 Å². The highest BCUT2D eigenvalue weighted by molar-refractivity contribution is 8.00. The zero-order valence-corrected chi connectivity index (χ0v) is 11.6. The first kappa shape index (κ1) is 13.0. The van der Waals surface area contributed by atoms with Crippen LogP contribution in [0.25, 0.3) is 0 Å². The monoisotopic (exact) mass is 278 g/mol. The van der Waals surface area contributed by atoms with Crippen LogP contribution in [0.5, 0.6) is 0 Å². The number of cyclic esters (lactones) is 1. The van der Waals surface area contributed by atoms with Gasteiger partial charge < -0.3 is 9.84 Å². The van der Waals surface area contributed by atoms with Gasteiger partial charge in [-0.1, -0.05) is 30.3 Å². The molecule has 3 unspecified atom stereocenters. The summed E-state index contributed by atoms with van der Waals surface area (Å²) in [6, 6.07) is 10.1. The van der Waals surface area contributed by atoms with Gasteiger partial charge >= 0.3 is 5.97 Å². The Morgan fingerprint density at radius 1 is 1.32 bits per heavy atom. The van der Waals surface area contributed by atoms with Crippen molar-refractivity contribution in [1.29, 1.82) is 0 Å². The average Bonchev–Trinajstić information content (AvgIpc) is 2.78. The predicted molar refractivity (Wildman–Crippen MR) is 74.8 cm³/mol. The minimum Gasteiger partial charge on any atom is -0.465 e. The van der Waals surface area contributed by atoms with Crippen LogP contribution in [0.4, 0.5) is 0 Å². The normalized spacial score (nSPS) is 33.8. The second-order valence-corrected chi connectivity index (χ2v) is 6.61. The van der Waals surface area contributed by atoms with Crippen LogP contribution in [0.15, 0.2) is 30.3 Å². The zero-order chi connectivity index (χ0) is 13.3. The largest absolute Gasteiger partial charge is 0.465 e. The van der Waals surface area contributed by atoms with Crippen molar-refractivity contribution in [3.05, 3.63) is 35.9 Å². The number of carbonyl (C=O) groups is 1. The highest BCUT2D eigenvalue weighted by atomic mass is 32.2. The van der Waals surface area contributed by atoms with E-state index in [2.05, 4.69) is 12.1 Å². The molecule has 1 aromatic rings. The third-order valence-electron chi connectivity index (χ3n) is 4.22. The van der Waals surface area contributed by atoms with Gasteiger partial charge in [-0.05, 0) is 24.8 Å². The molecule has 0 amide bonds. The molecule has 2 aliphatic rings. The van der Waals surface area contributed by atoms with Gasteiger partial charge in [0.25, 0.3) is 0 Å². The molecule has 0 bridgehead atoms. The predicted octanol–water partition coefficient (Wildman–Crippen LogP) is 2.38. The van der Waals surface area contributed by atoms with E-state index in [1.54, 1.807) is 11.8 Å². The summed E-state index contributed by atoms with van der Waals surface area (Å²) in [7, 11) is 0. The molecular weight excluding hydrogens is 260 g/mol. The summed E-state index contributed by atoms with van der Waals surface area (Å²) in [5, 5.41) is 10.1. The van der Waals surface area contributed by atoms with Crippen molar-refractivity contribution < 1.29 is 14.6 Å². The lowest BCUT2D eigenvalue weighted by atomic mass is 9.89. The molecule has 1 aliphatic heterocycles. The fourth-order valence-electron chi connectivity index (χ4n) is 3.16. The van der Waals surface area contributed by atoms with Crippen molar-refractivity contribution in [1.82, 2.24) is 0 Å². The Morgan fingerprint density at radius 3 is 2.89 bits per heavy atom. The van der Waals surface area contributed by atoms with Crippen molar-refractivity contribution in [3.63, 3.8) is 0 Å². The number of hydrogen-bond donors (Lipinski definition) is 1.